The highest BCUT2D eigenvalue weighted by Gasteiger charge is 2.21. The molecule has 0 aliphatic carbocycles. The van der Waals surface area contributed by atoms with Crippen molar-refractivity contribution in [3.05, 3.63) is 29.3 Å². The van der Waals surface area contributed by atoms with Gasteiger partial charge in [-0.15, -0.1) is 0 Å². The number of nitrogen functional groups attached to an aromatic ring is 1. The highest BCUT2D eigenvalue weighted by Crippen LogP contribution is 2.25. The van der Waals surface area contributed by atoms with Crippen molar-refractivity contribution in [2.45, 2.75) is 12.2 Å². The number of hydrogen-bond donors (Lipinski definition) is 3. The van der Waals surface area contributed by atoms with Gasteiger partial charge in [-0.25, -0.2) is 8.78 Å². The van der Waals surface area contributed by atoms with Crippen molar-refractivity contribution in [3.8, 4) is 6.07 Å². The third-order valence-electron chi connectivity index (χ3n) is 1.88. The Kier molecular flexibility index (Phi) is 3.19. The molecule has 0 heterocycles. The minimum Gasteiger partial charge on any atom is -0.398 e. The lowest BCUT2D eigenvalue weighted by molar-refractivity contribution is 0.0530. The number of halogens is 2. The maximum Gasteiger partial charge on any atom is 0.170 e. The molecule has 1 rings (SSSR count). The van der Waals surface area contributed by atoms with Crippen LogP contribution in [0.25, 0.3) is 0 Å². The molecule has 15 heavy (non-hydrogen) atoms. The molecule has 0 saturated carbocycles. The fourth-order valence-electron chi connectivity index (χ4n) is 1.07. The summed E-state index contributed by atoms with van der Waals surface area (Å²) in [6.07, 6.45) is -3.40. The van der Waals surface area contributed by atoms with E-state index in [9.17, 15) is 13.9 Å². The van der Waals surface area contributed by atoms with Crippen LogP contribution in [0.2, 0.25) is 0 Å². The van der Waals surface area contributed by atoms with E-state index < -0.39 is 23.8 Å². The molecular formula is C9H8F2N2O2. The van der Waals surface area contributed by atoms with E-state index in [-0.39, 0.29) is 11.3 Å². The fourth-order valence-corrected chi connectivity index (χ4v) is 1.07. The van der Waals surface area contributed by atoms with Gasteiger partial charge in [0, 0.05) is 17.3 Å². The molecule has 0 aliphatic heterocycles. The Bertz CT molecular complexity index is 417. The van der Waals surface area contributed by atoms with Gasteiger partial charge in [-0.05, 0) is 6.07 Å². The second kappa shape index (κ2) is 4.21. The van der Waals surface area contributed by atoms with Crippen LogP contribution >= 0.6 is 0 Å². The third kappa shape index (κ3) is 2.21. The van der Waals surface area contributed by atoms with Crippen LogP contribution in [0.3, 0.4) is 0 Å². The highest BCUT2D eigenvalue weighted by molar-refractivity contribution is 5.49. The number of nitrogens with two attached hydrogens (primary N) is 1. The van der Waals surface area contributed by atoms with E-state index in [0.717, 1.165) is 0 Å². The maximum absolute atomic E-state index is 12.8. The minimum absolute atomic E-state index is 0.219. The SMILES string of the molecule is N#CC(O)C(O)c1cc(F)c(F)cc1N. The molecule has 0 bridgehead atoms. The molecule has 1 aromatic rings. The molecule has 0 amide bonds. The van der Waals surface area contributed by atoms with Gasteiger partial charge in [0.1, 0.15) is 6.10 Å². The normalized spacial score (nSPS) is 14.3. The van der Waals surface area contributed by atoms with E-state index in [1.165, 1.54) is 6.07 Å². The van der Waals surface area contributed by atoms with E-state index in [1.54, 1.807) is 0 Å². The first-order chi connectivity index (χ1) is 6.97. The first-order valence-corrected chi connectivity index (χ1v) is 3.97. The Balaban J connectivity index is 3.16. The quantitative estimate of drug-likeness (QED) is 0.493. The van der Waals surface area contributed by atoms with Crippen molar-refractivity contribution in [1.82, 2.24) is 0 Å². The smallest absolute Gasteiger partial charge is 0.170 e. The molecule has 0 aromatic heterocycles. The molecule has 0 saturated heterocycles. The average Bonchev–Trinajstić information content (AvgIpc) is 2.21. The van der Waals surface area contributed by atoms with Gasteiger partial charge < -0.3 is 15.9 Å². The van der Waals surface area contributed by atoms with Gasteiger partial charge in [-0.2, -0.15) is 5.26 Å². The van der Waals surface area contributed by atoms with Crippen molar-refractivity contribution in [2.24, 2.45) is 0 Å². The predicted octanol–water partition coefficient (Wildman–Crippen LogP) is 0.465. The van der Waals surface area contributed by atoms with Crippen LogP contribution in [0, 0.1) is 23.0 Å². The standard InChI is InChI=1S/C9H8F2N2O2/c10-5-1-4(7(13)2-6(5)11)9(15)8(14)3-12/h1-2,8-9,14-15H,13H2. The number of rotatable bonds is 2. The summed E-state index contributed by atoms with van der Waals surface area (Å²) in [4.78, 5) is 0. The van der Waals surface area contributed by atoms with Crippen molar-refractivity contribution in [3.63, 3.8) is 0 Å². The zero-order valence-corrected chi connectivity index (χ0v) is 7.48. The number of nitrogens with zero attached hydrogens (tertiary/aromatic N) is 1. The summed E-state index contributed by atoms with van der Waals surface area (Å²) in [5.41, 5.74) is 4.85. The number of nitriles is 1. The molecule has 0 fully saturated rings. The van der Waals surface area contributed by atoms with Gasteiger partial charge in [0.15, 0.2) is 17.7 Å². The Labute approximate surface area is 84.2 Å². The van der Waals surface area contributed by atoms with Crippen molar-refractivity contribution in [1.29, 1.82) is 5.26 Å². The molecule has 6 heteroatoms. The summed E-state index contributed by atoms with van der Waals surface area (Å²) < 4.78 is 25.4. The lowest BCUT2D eigenvalue weighted by Gasteiger charge is -2.14. The Morgan fingerprint density at radius 3 is 2.33 bits per heavy atom. The van der Waals surface area contributed by atoms with Crippen molar-refractivity contribution < 1.29 is 19.0 Å². The highest BCUT2D eigenvalue weighted by atomic mass is 19.2. The summed E-state index contributed by atoms with van der Waals surface area (Å²) in [7, 11) is 0. The van der Waals surface area contributed by atoms with Gasteiger partial charge in [-0.1, -0.05) is 0 Å². The van der Waals surface area contributed by atoms with Crippen LogP contribution in [-0.4, -0.2) is 16.3 Å². The molecule has 2 unspecified atom stereocenters. The van der Waals surface area contributed by atoms with E-state index in [4.69, 9.17) is 16.1 Å². The monoisotopic (exact) mass is 214 g/mol. The van der Waals surface area contributed by atoms with E-state index in [1.807, 2.05) is 0 Å². The van der Waals surface area contributed by atoms with Gasteiger partial charge >= 0.3 is 0 Å². The molecule has 0 spiro atoms. The second-order valence-electron chi connectivity index (χ2n) is 2.91. The molecule has 0 aliphatic rings. The Morgan fingerprint density at radius 2 is 1.80 bits per heavy atom. The summed E-state index contributed by atoms with van der Waals surface area (Å²) in [5.74, 6) is -2.36. The zero-order chi connectivity index (χ0) is 11.6. The maximum atomic E-state index is 12.8. The Hall–Kier alpha value is -1.71. The van der Waals surface area contributed by atoms with Crippen LogP contribution in [0.4, 0.5) is 14.5 Å². The topological polar surface area (TPSA) is 90.3 Å². The zero-order valence-electron chi connectivity index (χ0n) is 7.48. The average molecular weight is 214 g/mol. The lowest BCUT2D eigenvalue weighted by Crippen LogP contribution is -2.17. The molecular weight excluding hydrogens is 206 g/mol. The van der Waals surface area contributed by atoms with Crippen LogP contribution < -0.4 is 5.73 Å². The molecule has 0 radical (unpaired) electrons. The van der Waals surface area contributed by atoms with Gasteiger partial charge in [-0.3, -0.25) is 0 Å². The minimum atomic E-state index is -1.74. The largest absolute Gasteiger partial charge is 0.398 e. The molecule has 4 N–H and O–H groups in total. The van der Waals surface area contributed by atoms with E-state index >= 15 is 0 Å². The van der Waals surface area contributed by atoms with Crippen LogP contribution in [0.1, 0.15) is 11.7 Å². The van der Waals surface area contributed by atoms with Gasteiger partial charge in [0.25, 0.3) is 0 Å². The molecule has 2 atom stereocenters. The summed E-state index contributed by atoms with van der Waals surface area (Å²) in [5, 5.41) is 26.6. The summed E-state index contributed by atoms with van der Waals surface area (Å²) in [6, 6.07) is 2.69. The number of aliphatic hydroxyl groups is 2. The van der Waals surface area contributed by atoms with Crippen molar-refractivity contribution >= 4 is 5.69 Å². The van der Waals surface area contributed by atoms with E-state index in [0.29, 0.717) is 12.1 Å². The molecule has 4 nitrogen and oxygen atoms in total. The number of benzene rings is 1. The van der Waals surface area contributed by atoms with Gasteiger partial charge in [0.2, 0.25) is 0 Å². The third-order valence-corrected chi connectivity index (χ3v) is 1.88. The van der Waals surface area contributed by atoms with Crippen molar-refractivity contribution in [2.75, 3.05) is 5.73 Å². The number of hydrogen-bond acceptors (Lipinski definition) is 4. The molecule has 80 valence electrons. The van der Waals surface area contributed by atoms with Crippen LogP contribution in [0.15, 0.2) is 12.1 Å². The fraction of sp³-hybridized carbons (Fsp3) is 0.222. The number of aliphatic hydroxyl groups excluding tert-OH is 2. The summed E-state index contributed by atoms with van der Waals surface area (Å²) in [6.45, 7) is 0. The first-order valence-electron chi connectivity index (χ1n) is 3.97. The van der Waals surface area contributed by atoms with E-state index in [2.05, 4.69) is 0 Å². The van der Waals surface area contributed by atoms with Crippen LogP contribution in [-0.2, 0) is 0 Å². The number of anilines is 1. The lowest BCUT2D eigenvalue weighted by atomic mass is 10.0. The first kappa shape index (κ1) is 11.4. The van der Waals surface area contributed by atoms with Crippen LogP contribution in [0.5, 0.6) is 0 Å². The molecule has 1 aromatic carbocycles. The second-order valence-corrected chi connectivity index (χ2v) is 2.91. The van der Waals surface area contributed by atoms with Gasteiger partial charge in [0.05, 0.1) is 6.07 Å². The summed E-state index contributed by atoms with van der Waals surface area (Å²) >= 11 is 0. The Morgan fingerprint density at radius 1 is 1.27 bits per heavy atom. The predicted molar refractivity (Wildman–Crippen MR) is 47.4 cm³/mol.